The zero-order chi connectivity index (χ0) is 31.1. The number of β-amino-alcohol motifs (C(OH)–C–C–N with tert-alkyl or cyclic N) is 1. The molecule has 42 heavy (non-hydrogen) atoms. The topological polar surface area (TPSA) is 149 Å². The summed E-state index contributed by atoms with van der Waals surface area (Å²) in [6, 6.07) is 12.5. The van der Waals surface area contributed by atoms with Crippen LogP contribution in [0.25, 0.3) is 0 Å². The molecule has 17 heteroatoms. The summed E-state index contributed by atoms with van der Waals surface area (Å²) in [7, 11) is -4.00. The van der Waals surface area contributed by atoms with Gasteiger partial charge in [-0.2, -0.15) is 21.6 Å². The number of halogens is 5. The van der Waals surface area contributed by atoms with Crippen molar-refractivity contribution in [1.29, 1.82) is 0 Å². The maximum atomic E-state index is 12.9. The molecule has 4 N–H and O–H groups in total. The van der Waals surface area contributed by atoms with Crippen LogP contribution < -0.4 is 14.9 Å². The van der Waals surface area contributed by atoms with Gasteiger partial charge in [0, 0.05) is 32.2 Å². The Morgan fingerprint density at radius 1 is 1.14 bits per heavy atom. The van der Waals surface area contributed by atoms with Crippen molar-refractivity contribution in [2.75, 3.05) is 26.2 Å². The Morgan fingerprint density at radius 2 is 1.79 bits per heavy atom. The first-order valence-electron chi connectivity index (χ1n) is 12.3. The number of aliphatic hydroxyl groups is 1. The van der Waals surface area contributed by atoms with Crippen molar-refractivity contribution in [3.63, 3.8) is 0 Å². The molecule has 230 valence electrons. The van der Waals surface area contributed by atoms with Crippen molar-refractivity contribution >= 4 is 50.6 Å². The molecule has 1 atom stereocenters. The quantitative estimate of drug-likeness (QED) is 0.259. The summed E-state index contributed by atoms with van der Waals surface area (Å²) >= 11 is 12.1. The number of alkyl halides is 3. The molecule has 0 saturated carbocycles. The van der Waals surface area contributed by atoms with Gasteiger partial charge in [0.15, 0.2) is 0 Å². The number of rotatable bonds is 8. The molecule has 1 aliphatic heterocycles. The molecular formula is C25H26Cl2F3N3O7S2. The van der Waals surface area contributed by atoms with Crippen molar-refractivity contribution in [3.05, 3.63) is 78.8 Å². The van der Waals surface area contributed by atoms with E-state index in [4.69, 9.17) is 32.5 Å². The van der Waals surface area contributed by atoms with Crippen molar-refractivity contribution in [2.45, 2.75) is 36.1 Å². The zero-order valence-corrected chi connectivity index (χ0v) is 24.8. The number of H-pyrrole nitrogens is 1. The fourth-order valence-corrected chi connectivity index (χ4v) is 5.45. The highest BCUT2D eigenvalue weighted by Gasteiger charge is 2.38. The van der Waals surface area contributed by atoms with E-state index in [9.17, 15) is 36.3 Å². The number of carbonyl (C=O) groups excluding carboxylic acids is 1. The third kappa shape index (κ3) is 10.3. The fourth-order valence-electron chi connectivity index (χ4n) is 3.89. The van der Waals surface area contributed by atoms with E-state index in [-0.39, 0.29) is 35.4 Å². The number of likely N-dealkylation sites (tertiary alicyclic amines) is 1. The number of benzene rings is 2. The standard InChI is InChI=1S/C19H20Cl2F3N3O4S.C6H6O3S/c20-13-2-1-12(7-14(13)21)31-11-3-5-27(6-4-11)9-10(28)8-25-17(29)15-16(19(22,23)24)26-18(30)32-15;7-10(8,9)6-4-2-1-3-5-6/h1-2,7,10-11,28H,3-6,8-9H2,(H,25,29)(H,26,30);1-5H,(H,7,8,9)/t10-;/m1./s1. The van der Waals surface area contributed by atoms with E-state index in [1.807, 2.05) is 4.90 Å². The van der Waals surface area contributed by atoms with Gasteiger partial charge in [0.1, 0.15) is 22.4 Å². The van der Waals surface area contributed by atoms with Gasteiger partial charge < -0.3 is 25.0 Å². The van der Waals surface area contributed by atoms with Crippen molar-refractivity contribution in [1.82, 2.24) is 15.2 Å². The number of ether oxygens (including phenoxy) is 1. The SMILES string of the molecule is O=C(NC[C@@H](O)CN1CCC(Oc2ccc(Cl)c(Cl)c2)CC1)c1sc(=O)[nH]c1C(F)(F)F.O=S(=O)(O)c1ccccc1. The Morgan fingerprint density at radius 3 is 2.33 bits per heavy atom. The van der Waals surface area contributed by atoms with E-state index in [1.165, 1.54) is 12.1 Å². The Bertz CT molecular complexity index is 1510. The molecule has 0 unspecified atom stereocenters. The summed E-state index contributed by atoms with van der Waals surface area (Å²) < 4.78 is 73.9. The summed E-state index contributed by atoms with van der Waals surface area (Å²) in [4.78, 5) is 25.1. The second-order valence-electron chi connectivity index (χ2n) is 9.06. The number of amides is 1. The van der Waals surface area contributed by atoms with Crippen LogP contribution in [0.2, 0.25) is 10.0 Å². The summed E-state index contributed by atoms with van der Waals surface area (Å²) in [5.74, 6) is -0.445. The van der Waals surface area contributed by atoms with E-state index >= 15 is 0 Å². The zero-order valence-electron chi connectivity index (χ0n) is 21.6. The second kappa shape index (κ2) is 14.7. The minimum Gasteiger partial charge on any atom is -0.490 e. The minimum atomic E-state index is -4.85. The molecule has 1 fully saturated rings. The van der Waals surface area contributed by atoms with Crippen LogP contribution in [0.5, 0.6) is 5.75 Å². The van der Waals surface area contributed by atoms with E-state index in [0.29, 0.717) is 41.7 Å². The lowest BCUT2D eigenvalue weighted by molar-refractivity contribution is -0.141. The van der Waals surface area contributed by atoms with Gasteiger partial charge in [0.25, 0.3) is 16.0 Å². The van der Waals surface area contributed by atoms with Gasteiger partial charge in [-0.25, -0.2) is 0 Å². The van der Waals surface area contributed by atoms with E-state index in [2.05, 4.69) is 5.32 Å². The van der Waals surface area contributed by atoms with Gasteiger partial charge in [-0.05, 0) is 37.1 Å². The Hall–Kier alpha value is -2.66. The molecule has 3 aromatic rings. The van der Waals surface area contributed by atoms with Crippen LogP contribution in [0.4, 0.5) is 13.2 Å². The molecule has 1 aliphatic rings. The number of aliphatic hydroxyl groups excluding tert-OH is 1. The summed E-state index contributed by atoms with van der Waals surface area (Å²) in [6.45, 7) is 1.25. The smallest absolute Gasteiger partial charge is 0.432 e. The lowest BCUT2D eigenvalue weighted by atomic mass is 10.1. The average molecular weight is 673 g/mol. The van der Waals surface area contributed by atoms with Crippen LogP contribution in [0.1, 0.15) is 28.2 Å². The third-order valence-corrected chi connectivity index (χ3v) is 8.36. The number of aromatic amines is 1. The van der Waals surface area contributed by atoms with Gasteiger partial charge in [-0.1, -0.05) is 52.7 Å². The largest absolute Gasteiger partial charge is 0.490 e. The van der Waals surface area contributed by atoms with Gasteiger partial charge >= 0.3 is 11.0 Å². The monoisotopic (exact) mass is 671 g/mol. The van der Waals surface area contributed by atoms with Gasteiger partial charge in [-0.3, -0.25) is 14.1 Å². The molecular weight excluding hydrogens is 646 g/mol. The highest BCUT2D eigenvalue weighted by molar-refractivity contribution is 7.85. The predicted octanol–water partition coefficient (Wildman–Crippen LogP) is 4.33. The van der Waals surface area contributed by atoms with Crippen LogP contribution in [0.3, 0.4) is 0 Å². The Kier molecular flexibility index (Phi) is 11.8. The molecule has 2 heterocycles. The lowest BCUT2D eigenvalue weighted by Gasteiger charge is -2.33. The predicted molar refractivity (Wildman–Crippen MR) is 151 cm³/mol. The number of nitrogens with one attached hydrogen (secondary N) is 2. The van der Waals surface area contributed by atoms with Crippen LogP contribution in [-0.4, -0.2) is 72.3 Å². The Labute approximate surface area is 252 Å². The first-order chi connectivity index (χ1) is 19.6. The first-order valence-corrected chi connectivity index (χ1v) is 15.3. The molecule has 1 amide bonds. The molecule has 0 bridgehead atoms. The summed E-state index contributed by atoms with van der Waals surface area (Å²) in [6.07, 6.45) is -4.47. The molecule has 1 saturated heterocycles. The molecule has 2 aromatic carbocycles. The molecule has 10 nitrogen and oxygen atoms in total. The number of carbonyl (C=O) groups is 1. The lowest BCUT2D eigenvalue weighted by Crippen LogP contribution is -2.45. The average Bonchev–Trinajstić information content (AvgIpc) is 3.33. The van der Waals surface area contributed by atoms with Crippen LogP contribution in [0.15, 0.2) is 58.2 Å². The van der Waals surface area contributed by atoms with E-state index in [0.717, 1.165) is 0 Å². The van der Waals surface area contributed by atoms with Gasteiger partial charge in [0.2, 0.25) is 0 Å². The van der Waals surface area contributed by atoms with Crippen molar-refractivity contribution in [2.24, 2.45) is 0 Å². The number of thiazole rings is 1. The molecule has 1 aromatic heterocycles. The molecule has 0 aliphatic carbocycles. The first kappa shape index (κ1) is 33.8. The molecule has 0 spiro atoms. The minimum absolute atomic E-state index is 0.0301. The number of hydrogen-bond donors (Lipinski definition) is 4. The fraction of sp³-hybridized carbons (Fsp3) is 0.360. The van der Waals surface area contributed by atoms with Crippen LogP contribution >= 0.6 is 34.5 Å². The van der Waals surface area contributed by atoms with E-state index in [1.54, 1.807) is 41.4 Å². The number of aromatic nitrogens is 1. The Balaban J connectivity index is 0.000000408. The maximum absolute atomic E-state index is 12.9. The molecule has 4 rings (SSSR count). The summed E-state index contributed by atoms with van der Waals surface area (Å²) in [5.41, 5.74) is -1.39. The van der Waals surface area contributed by atoms with Gasteiger partial charge in [0.05, 0.1) is 21.0 Å². The third-order valence-electron chi connectivity index (χ3n) is 5.88. The normalized spacial score (nSPS) is 15.4. The highest BCUT2D eigenvalue weighted by atomic mass is 35.5. The number of piperidine rings is 1. The van der Waals surface area contributed by atoms with Crippen molar-refractivity contribution in [3.8, 4) is 5.75 Å². The number of nitrogens with zero attached hydrogens (tertiary/aromatic N) is 1. The molecule has 0 radical (unpaired) electrons. The summed E-state index contributed by atoms with van der Waals surface area (Å²) in [5, 5.41) is 13.3. The highest BCUT2D eigenvalue weighted by Crippen LogP contribution is 2.31. The van der Waals surface area contributed by atoms with Crippen molar-refractivity contribution < 1.29 is 40.8 Å². The second-order valence-corrected chi connectivity index (χ2v) is 12.3. The van der Waals surface area contributed by atoms with Gasteiger partial charge in [-0.15, -0.1) is 0 Å². The van der Waals surface area contributed by atoms with Crippen LogP contribution in [-0.2, 0) is 16.3 Å². The van der Waals surface area contributed by atoms with E-state index < -0.39 is 43.7 Å². The maximum Gasteiger partial charge on any atom is 0.432 e. The number of hydrogen-bond acceptors (Lipinski definition) is 8. The van der Waals surface area contributed by atoms with Crippen LogP contribution in [0, 0.1) is 0 Å².